The van der Waals surface area contributed by atoms with E-state index in [4.69, 9.17) is 9.47 Å². The molecule has 3 heterocycles. The quantitative estimate of drug-likeness (QED) is 0.939. The number of aromatic nitrogens is 1. The third-order valence-corrected chi connectivity index (χ3v) is 5.33. The lowest BCUT2D eigenvalue weighted by Gasteiger charge is -2.53. The number of ether oxygens (including phenoxy) is 2. The minimum atomic E-state index is -0.127. The summed E-state index contributed by atoms with van der Waals surface area (Å²) in [6, 6.07) is 9.91. The summed E-state index contributed by atoms with van der Waals surface area (Å²) in [5.41, 5.74) is 1.54. The fourth-order valence-corrected chi connectivity index (χ4v) is 4.03. The number of para-hydroxylation sites is 1. The summed E-state index contributed by atoms with van der Waals surface area (Å²) in [4.78, 5) is 17.8. The fourth-order valence-electron chi connectivity index (χ4n) is 4.03. The fraction of sp³-hybridized carbons (Fsp3) is 0.526. The predicted octanol–water partition coefficient (Wildman–Crippen LogP) is 2.83. The zero-order valence-electron chi connectivity index (χ0n) is 14.1. The van der Waals surface area contributed by atoms with Gasteiger partial charge in [0.2, 0.25) is 0 Å². The number of nitrogens with one attached hydrogen (secondary N) is 1. The van der Waals surface area contributed by atoms with Gasteiger partial charge in [0.05, 0.1) is 13.1 Å². The first kappa shape index (κ1) is 15.7. The van der Waals surface area contributed by atoms with Crippen LogP contribution in [-0.2, 0) is 9.47 Å². The molecular formula is C19H24N2O3. The highest BCUT2D eigenvalue weighted by atomic mass is 16.5. The minimum absolute atomic E-state index is 0.0689. The molecule has 1 atom stereocenters. The van der Waals surface area contributed by atoms with Crippen molar-refractivity contribution >= 4 is 16.8 Å². The van der Waals surface area contributed by atoms with Gasteiger partial charge in [-0.05, 0) is 37.3 Å². The lowest BCUT2D eigenvalue weighted by molar-refractivity contribution is -0.167. The minimum Gasteiger partial charge on any atom is -0.385 e. The van der Waals surface area contributed by atoms with E-state index in [1.165, 1.54) is 0 Å². The van der Waals surface area contributed by atoms with E-state index < -0.39 is 0 Å². The molecule has 4 rings (SSSR count). The Morgan fingerprint density at radius 1 is 1.42 bits per heavy atom. The van der Waals surface area contributed by atoms with Crippen LogP contribution in [0, 0.1) is 5.92 Å². The molecule has 1 aromatic carbocycles. The van der Waals surface area contributed by atoms with E-state index in [9.17, 15) is 4.79 Å². The molecule has 2 aromatic rings. The molecule has 0 bridgehead atoms. The molecule has 0 aliphatic carbocycles. The average Bonchev–Trinajstić information content (AvgIpc) is 3.01. The Labute approximate surface area is 141 Å². The van der Waals surface area contributed by atoms with E-state index in [1.807, 2.05) is 35.2 Å². The molecule has 2 aliphatic rings. The van der Waals surface area contributed by atoms with Crippen molar-refractivity contribution in [3.8, 4) is 0 Å². The Morgan fingerprint density at radius 3 is 3.04 bits per heavy atom. The van der Waals surface area contributed by atoms with Crippen molar-refractivity contribution in [3.05, 3.63) is 36.0 Å². The number of hydrogen-bond donors (Lipinski definition) is 1. The highest BCUT2D eigenvalue weighted by molar-refractivity contribution is 5.98. The zero-order valence-corrected chi connectivity index (χ0v) is 14.1. The van der Waals surface area contributed by atoms with Crippen LogP contribution in [0.2, 0.25) is 0 Å². The lowest BCUT2D eigenvalue weighted by atomic mass is 9.79. The number of benzene rings is 1. The first-order valence-electron chi connectivity index (χ1n) is 8.69. The van der Waals surface area contributed by atoms with Gasteiger partial charge < -0.3 is 19.4 Å². The second kappa shape index (κ2) is 6.22. The molecule has 128 valence electrons. The van der Waals surface area contributed by atoms with E-state index in [0.717, 1.165) is 43.4 Å². The Bertz CT molecular complexity index is 700. The maximum Gasteiger partial charge on any atom is 0.270 e. The molecule has 0 radical (unpaired) electrons. The number of nitrogens with zero attached hydrogens (tertiary/aromatic N) is 1. The number of rotatable bonds is 4. The second-order valence-corrected chi connectivity index (χ2v) is 7.10. The molecule has 2 fully saturated rings. The topological polar surface area (TPSA) is 54.6 Å². The summed E-state index contributed by atoms with van der Waals surface area (Å²) in [7, 11) is 1.75. The summed E-state index contributed by atoms with van der Waals surface area (Å²) in [6.07, 6.45) is 3.21. The molecule has 1 amide bonds. The molecule has 0 saturated carbocycles. The number of aromatic amines is 1. The van der Waals surface area contributed by atoms with Crippen LogP contribution in [-0.4, -0.2) is 54.8 Å². The van der Waals surface area contributed by atoms with Crippen LogP contribution in [0.3, 0.4) is 0 Å². The van der Waals surface area contributed by atoms with Crippen LogP contribution < -0.4 is 0 Å². The normalized spacial score (nSPS) is 22.7. The SMILES string of the molecule is COCCC1CCOC2(C1)CN(C(=O)c1cc3ccccc3[nH]1)C2. The Kier molecular flexibility index (Phi) is 4.06. The van der Waals surface area contributed by atoms with Crippen molar-refractivity contribution in [2.45, 2.75) is 24.9 Å². The summed E-state index contributed by atoms with van der Waals surface area (Å²) >= 11 is 0. The summed E-state index contributed by atoms with van der Waals surface area (Å²) in [5, 5.41) is 1.07. The van der Waals surface area contributed by atoms with Gasteiger partial charge in [-0.2, -0.15) is 0 Å². The second-order valence-electron chi connectivity index (χ2n) is 7.10. The van der Waals surface area contributed by atoms with Crippen molar-refractivity contribution in [2.75, 3.05) is 33.4 Å². The standard InChI is InChI=1S/C19H24N2O3/c1-23-8-6-14-7-9-24-19(11-14)12-21(13-19)18(22)17-10-15-4-2-3-5-16(15)20-17/h2-5,10,14,20H,6-9,11-13H2,1H3. The lowest BCUT2D eigenvalue weighted by Crippen LogP contribution is -2.66. The van der Waals surface area contributed by atoms with Gasteiger partial charge in [0.1, 0.15) is 11.3 Å². The molecule has 5 heteroatoms. The van der Waals surface area contributed by atoms with Crippen LogP contribution >= 0.6 is 0 Å². The molecule has 2 aliphatic heterocycles. The van der Waals surface area contributed by atoms with Crippen LogP contribution in [0.1, 0.15) is 29.8 Å². The molecule has 5 nitrogen and oxygen atoms in total. The Hall–Kier alpha value is -1.85. The monoisotopic (exact) mass is 328 g/mol. The van der Waals surface area contributed by atoms with Crippen LogP contribution in [0.25, 0.3) is 10.9 Å². The smallest absolute Gasteiger partial charge is 0.270 e. The number of fused-ring (bicyclic) bond motifs is 1. The molecule has 24 heavy (non-hydrogen) atoms. The number of carbonyl (C=O) groups is 1. The summed E-state index contributed by atoms with van der Waals surface area (Å²) in [5.74, 6) is 0.712. The number of carbonyl (C=O) groups excluding carboxylic acids is 1. The van der Waals surface area contributed by atoms with Gasteiger partial charge in [0, 0.05) is 31.2 Å². The third-order valence-electron chi connectivity index (χ3n) is 5.33. The van der Waals surface area contributed by atoms with Crippen molar-refractivity contribution in [1.82, 2.24) is 9.88 Å². The highest BCUT2D eigenvalue weighted by Crippen LogP contribution is 2.38. The first-order valence-corrected chi connectivity index (χ1v) is 8.69. The van der Waals surface area contributed by atoms with Gasteiger partial charge in [-0.3, -0.25) is 4.79 Å². The first-order chi connectivity index (χ1) is 11.7. The Balaban J connectivity index is 1.40. The van der Waals surface area contributed by atoms with Crippen LogP contribution in [0.15, 0.2) is 30.3 Å². The highest BCUT2D eigenvalue weighted by Gasteiger charge is 2.49. The van der Waals surface area contributed by atoms with Crippen molar-refractivity contribution < 1.29 is 14.3 Å². The van der Waals surface area contributed by atoms with E-state index in [2.05, 4.69) is 4.98 Å². The number of likely N-dealkylation sites (tertiary alicyclic amines) is 1. The number of hydrogen-bond acceptors (Lipinski definition) is 3. The van der Waals surface area contributed by atoms with Crippen molar-refractivity contribution in [3.63, 3.8) is 0 Å². The molecule has 1 spiro atoms. The van der Waals surface area contributed by atoms with Crippen molar-refractivity contribution in [1.29, 1.82) is 0 Å². The number of amides is 1. The van der Waals surface area contributed by atoms with Gasteiger partial charge in [-0.1, -0.05) is 18.2 Å². The predicted molar refractivity (Wildman–Crippen MR) is 92.1 cm³/mol. The van der Waals surface area contributed by atoms with Crippen LogP contribution in [0.5, 0.6) is 0 Å². The summed E-state index contributed by atoms with van der Waals surface area (Å²) < 4.78 is 11.2. The molecule has 2 saturated heterocycles. The van der Waals surface area contributed by atoms with E-state index in [1.54, 1.807) is 7.11 Å². The molecule has 1 N–H and O–H groups in total. The maximum absolute atomic E-state index is 12.7. The van der Waals surface area contributed by atoms with E-state index in [0.29, 0.717) is 24.7 Å². The van der Waals surface area contributed by atoms with Gasteiger partial charge in [0.15, 0.2) is 0 Å². The largest absolute Gasteiger partial charge is 0.385 e. The van der Waals surface area contributed by atoms with Crippen LogP contribution in [0.4, 0.5) is 0 Å². The molecule has 1 unspecified atom stereocenters. The number of H-pyrrole nitrogens is 1. The van der Waals surface area contributed by atoms with E-state index in [-0.39, 0.29) is 11.5 Å². The average molecular weight is 328 g/mol. The molecular weight excluding hydrogens is 304 g/mol. The van der Waals surface area contributed by atoms with Gasteiger partial charge in [-0.25, -0.2) is 0 Å². The Morgan fingerprint density at radius 2 is 2.25 bits per heavy atom. The zero-order chi connectivity index (χ0) is 16.6. The number of methoxy groups -OCH3 is 1. The van der Waals surface area contributed by atoms with Gasteiger partial charge in [0.25, 0.3) is 5.91 Å². The maximum atomic E-state index is 12.7. The van der Waals surface area contributed by atoms with Gasteiger partial charge >= 0.3 is 0 Å². The summed E-state index contributed by atoms with van der Waals surface area (Å²) in [6.45, 7) is 3.00. The molecule has 1 aromatic heterocycles. The van der Waals surface area contributed by atoms with Crippen molar-refractivity contribution in [2.24, 2.45) is 5.92 Å². The van der Waals surface area contributed by atoms with E-state index >= 15 is 0 Å². The van der Waals surface area contributed by atoms with Gasteiger partial charge in [-0.15, -0.1) is 0 Å². The third kappa shape index (κ3) is 2.82.